The van der Waals surface area contributed by atoms with Gasteiger partial charge in [-0.1, -0.05) is 48.5 Å². The van der Waals surface area contributed by atoms with Crippen LogP contribution in [0.15, 0.2) is 72.8 Å². The van der Waals surface area contributed by atoms with Gasteiger partial charge in [-0.2, -0.15) is 0 Å². The molecule has 0 saturated heterocycles. The molecule has 0 saturated carbocycles. The van der Waals surface area contributed by atoms with E-state index < -0.39 is 0 Å². The maximum Gasteiger partial charge on any atom is 0.255 e. The highest BCUT2D eigenvalue weighted by Crippen LogP contribution is 2.19. The van der Waals surface area contributed by atoms with E-state index in [0.717, 1.165) is 28.1 Å². The number of amides is 2. The molecule has 0 unspecified atom stereocenters. The quantitative estimate of drug-likeness (QED) is 0.607. The van der Waals surface area contributed by atoms with Gasteiger partial charge in [0.15, 0.2) is 0 Å². The number of para-hydroxylation sites is 2. The molecule has 3 aromatic rings. The number of nitrogens with one attached hydrogen (secondary N) is 2. The van der Waals surface area contributed by atoms with Crippen molar-refractivity contribution in [2.24, 2.45) is 0 Å². The van der Waals surface area contributed by atoms with Crippen LogP contribution in [0.5, 0.6) is 0 Å². The second-order valence-corrected chi connectivity index (χ2v) is 7.50. The van der Waals surface area contributed by atoms with Crippen LogP contribution in [0.1, 0.15) is 27.0 Å². The van der Waals surface area contributed by atoms with E-state index in [4.69, 9.17) is 0 Å². The third kappa shape index (κ3) is 5.78. The smallest absolute Gasteiger partial charge is 0.255 e. The van der Waals surface area contributed by atoms with Gasteiger partial charge in [-0.05, 0) is 61.9 Å². The van der Waals surface area contributed by atoms with E-state index in [1.54, 1.807) is 12.1 Å². The monoisotopic (exact) mass is 401 g/mol. The first-order valence-corrected chi connectivity index (χ1v) is 9.92. The van der Waals surface area contributed by atoms with Crippen LogP contribution in [-0.2, 0) is 11.3 Å². The number of rotatable bonds is 7. The van der Waals surface area contributed by atoms with Crippen LogP contribution in [0.3, 0.4) is 0 Å². The van der Waals surface area contributed by atoms with Crippen molar-refractivity contribution in [3.8, 4) is 0 Å². The summed E-state index contributed by atoms with van der Waals surface area (Å²) in [7, 11) is 1.90. The molecule has 154 valence electrons. The molecule has 2 amide bonds. The van der Waals surface area contributed by atoms with Gasteiger partial charge in [-0.15, -0.1) is 0 Å². The molecule has 0 aliphatic heterocycles. The van der Waals surface area contributed by atoms with Crippen LogP contribution in [0.2, 0.25) is 0 Å². The number of nitrogens with zero attached hydrogens (tertiary/aromatic N) is 1. The fourth-order valence-corrected chi connectivity index (χ4v) is 3.29. The lowest BCUT2D eigenvalue weighted by molar-refractivity contribution is -0.117. The first-order valence-electron chi connectivity index (χ1n) is 9.92. The van der Waals surface area contributed by atoms with Crippen LogP contribution in [0, 0.1) is 13.8 Å². The molecule has 5 heteroatoms. The predicted octanol–water partition coefficient (Wildman–Crippen LogP) is 4.63. The SMILES string of the molecule is Cc1cccc(C)c1NC(=O)CN(C)Cc1ccc(C(=O)Nc2ccccc2)cc1. The van der Waals surface area contributed by atoms with E-state index >= 15 is 0 Å². The van der Waals surface area contributed by atoms with Crippen molar-refractivity contribution in [2.45, 2.75) is 20.4 Å². The molecule has 0 aromatic heterocycles. The molecule has 2 N–H and O–H groups in total. The fourth-order valence-electron chi connectivity index (χ4n) is 3.29. The summed E-state index contributed by atoms with van der Waals surface area (Å²) >= 11 is 0. The molecule has 3 aromatic carbocycles. The number of carbonyl (C=O) groups is 2. The summed E-state index contributed by atoms with van der Waals surface area (Å²) in [5.74, 6) is -0.192. The predicted molar refractivity (Wildman–Crippen MR) is 122 cm³/mol. The minimum Gasteiger partial charge on any atom is -0.324 e. The molecule has 0 aliphatic carbocycles. The van der Waals surface area contributed by atoms with E-state index in [-0.39, 0.29) is 18.4 Å². The molecule has 0 heterocycles. The highest BCUT2D eigenvalue weighted by molar-refractivity contribution is 6.04. The third-order valence-electron chi connectivity index (χ3n) is 4.86. The van der Waals surface area contributed by atoms with Gasteiger partial charge >= 0.3 is 0 Å². The molecule has 3 rings (SSSR count). The Labute approximate surface area is 177 Å². The topological polar surface area (TPSA) is 61.4 Å². The van der Waals surface area contributed by atoms with Crippen molar-refractivity contribution >= 4 is 23.2 Å². The van der Waals surface area contributed by atoms with Gasteiger partial charge < -0.3 is 10.6 Å². The van der Waals surface area contributed by atoms with E-state index in [1.807, 2.05) is 86.5 Å². The highest BCUT2D eigenvalue weighted by Gasteiger charge is 2.11. The summed E-state index contributed by atoms with van der Waals surface area (Å²) < 4.78 is 0. The van der Waals surface area contributed by atoms with E-state index in [0.29, 0.717) is 12.1 Å². The molecule has 0 radical (unpaired) electrons. The van der Waals surface area contributed by atoms with Crippen molar-refractivity contribution in [3.05, 3.63) is 95.1 Å². The summed E-state index contributed by atoms with van der Waals surface area (Å²) in [6.45, 7) is 4.87. The minimum absolute atomic E-state index is 0.0474. The molecule has 0 aliphatic rings. The zero-order valence-corrected chi connectivity index (χ0v) is 17.6. The van der Waals surface area contributed by atoms with Crippen LogP contribution < -0.4 is 10.6 Å². The van der Waals surface area contributed by atoms with Gasteiger partial charge in [0.1, 0.15) is 0 Å². The Bertz CT molecular complexity index is 994. The molecular weight excluding hydrogens is 374 g/mol. The summed E-state index contributed by atoms with van der Waals surface area (Å²) in [6, 6.07) is 22.8. The van der Waals surface area contributed by atoms with E-state index in [1.165, 1.54) is 0 Å². The Morgan fingerprint density at radius 2 is 1.43 bits per heavy atom. The Balaban J connectivity index is 1.53. The maximum absolute atomic E-state index is 12.4. The van der Waals surface area contributed by atoms with Crippen molar-refractivity contribution in [1.29, 1.82) is 0 Å². The number of anilines is 2. The van der Waals surface area contributed by atoms with Crippen molar-refractivity contribution < 1.29 is 9.59 Å². The standard InChI is InChI=1S/C25H27N3O2/c1-18-8-7-9-19(2)24(18)27-23(29)17-28(3)16-20-12-14-21(15-13-20)25(30)26-22-10-5-4-6-11-22/h4-15H,16-17H2,1-3H3,(H,26,30)(H,27,29). The van der Waals surface area contributed by atoms with Gasteiger partial charge in [-0.25, -0.2) is 0 Å². The first-order chi connectivity index (χ1) is 14.4. The molecule has 0 atom stereocenters. The molecule has 0 spiro atoms. The van der Waals surface area contributed by atoms with Gasteiger partial charge in [0.05, 0.1) is 6.54 Å². The van der Waals surface area contributed by atoms with Gasteiger partial charge in [-0.3, -0.25) is 14.5 Å². The Hall–Kier alpha value is -3.44. The fraction of sp³-hybridized carbons (Fsp3) is 0.200. The number of aryl methyl sites for hydroxylation is 2. The van der Waals surface area contributed by atoms with Crippen molar-refractivity contribution in [1.82, 2.24) is 4.90 Å². The maximum atomic E-state index is 12.4. The van der Waals surface area contributed by atoms with Crippen molar-refractivity contribution in [3.63, 3.8) is 0 Å². The van der Waals surface area contributed by atoms with Crippen LogP contribution in [0.25, 0.3) is 0 Å². The Kier molecular flexibility index (Phi) is 6.99. The zero-order chi connectivity index (χ0) is 21.5. The lowest BCUT2D eigenvalue weighted by Gasteiger charge is -2.18. The van der Waals surface area contributed by atoms with Gasteiger partial charge in [0.25, 0.3) is 5.91 Å². The van der Waals surface area contributed by atoms with E-state index in [9.17, 15) is 9.59 Å². The van der Waals surface area contributed by atoms with Crippen LogP contribution in [0.4, 0.5) is 11.4 Å². The summed E-state index contributed by atoms with van der Waals surface area (Å²) in [5.41, 5.74) is 5.38. The first kappa shape index (κ1) is 21.3. The molecular formula is C25H27N3O2. The summed E-state index contributed by atoms with van der Waals surface area (Å²) in [4.78, 5) is 26.7. The lowest BCUT2D eigenvalue weighted by Crippen LogP contribution is -2.30. The highest BCUT2D eigenvalue weighted by atomic mass is 16.2. The number of benzene rings is 3. The molecule has 5 nitrogen and oxygen atoms in total. The van der Waals surface area contributed by atoms with Crippen molar-refractivity contribution in [2.75, 3.05) is 24.2 Å². The number of likely N-dealkylation sites (N-methyl/N-ethyl adjacent to an activating group) is 1. The zero-order valence-electron chi connectivity index (χ0n) is 17.6. The number of hydrogen-bond acceptors (Lipinski definition) is 3. The normalized spacial score (nSPS) is 10.7. The van der Waals surface area contributed by atoms with Crippen LogP contribution >= 0.6 is 0 Å². The lowest BCUT2D eigenvalue weighted by atomic mass is 10.1. The average molecular weight is 402 g/mol. The van der Waals surface area contributed by atoms with E-state index in [2.05, 4.69) is 10.6 Å². The second-order valence-electron chi connectivity index (χ2n) is 7.50. The molecule has 0 fully saturated rings. The number of carbonyl (C=O) groups excluding carboxylic acids is 2. The Morgan fingerprint density at radius 3 is 2.07 bits per heavy atom. The van der Waals surface area contributed by atoms with Gasteiger partial charge in [0, 0.05) is 23.5 Å². The second kappa shape index (κ2) is 9.85. The third-order valence-corrected chi connectivity index (χ3v) is 4.86. The molecule has 0 bridgehead atoms. The summed E-state index contributed by atoms with van der Waals surface area (Å²) in [6.07, 6.45) is 0. The largest absolute Gasteiger partial charge is 0.324 e. The van der Waals surface area contributed by atoms with Crippen LogP contribution in [-0.4, -0.2) is 30.3 Å². The average Bonchev–Trinajstić information content (AvgIpc) is 2.72. The minimum atomic E-state index is -0.144. The Morgan fingerprint density at radius 1 is 0.800 bits per heavy atom. The number of hydrogen-bond donors (Lipinski definition) is 2. The van der Waals surface area contributed by atoms with Gasteiger partial charge in [0.2, 0.25) is 5.91 Å². The summed E-state index contributed by atoms with van der Waals surface area (Å²) in [5, 5.41) is 5.88. The molecule has 30 heavy (non-hydrogen) atoms.